The molecule has 0 bridgehead atoms. The van der Waals surface area contributed by atoms with Gasteiger partial charge in [-0.1, -0.05) is 12.1 Å². The first-order valence-electron chi connectivity index (χ1n) is 6.87. The lowest BCUT2D eigenvalue weighted by Crippen LogP contribution is -2.11. The molecule has 0 atom stereocenters. The van der Waals surface area contributed by atoms with Crippen LogP contribution in [0.4, 0.5) is 26.3 Å². The summed E-state index contributed by atoms with van der Waals surface area (Å²) in [6.07, 6.45) is -8.94. The number of halogens is 6. The Balaban J connectivity index is 2.24. The smallest absolute Gasteiger partial charge is 0.297 e. The minimum absolute atomic E-state index is 0.00484. The first-order valence-corrected chi connectivity index (χ1v) is 7.69. The zero-order valence-corrected chi connectivity index (χ0v) is 13.0. The Bertz CT molecular complexity index is 952. The maximum atomic E-state index is 13.2. The van der Waals surface area contributed by atoms with E-state index in [9.17, 15) is 31.1 Å². The summed E-state index contributed by atoms with van der Waals surface area (Å²) in [4.78, 5) is 11.2. The lowest BCUT2D eigenvalue weighted by molar-refractivity contribution is -0.141. The molecule has 0 aliphatic rings. The van der Waals surface area contributed by atoms with Gasteiger partial charge in [0.1, 0.15) is 0 Å². The number of aldehydes is 1. The fourth-order valence-electron chi connectivity index (χ4n) is 2.48. The van der Waals surface area contributed by atoms with Crippen LogP contribution in [0.5, 0.6) is 0 Å². The minimum atomic E-state index is -4.79. The molecule has 130 valence electrons. The summed E-state index contributed by atoms with van der Waals surface area (Å²) in [5.74, 6) is 0. The van der Waals surface area contributed by atoms with Crippen molar-refractivity contribution in [1.82, 2.24) is 0 Å². The molecule has 2 aromatic carbocycles. The molecule has 1 heterocycles. The van der Waals surface area contributed by atoms with E-state index in [1.165, 1.54) is 18.2 Å². The number of benzene rings is 2. The number of hydrogen-bond acceptors (Lipinski definition) is 2. The van der Waals surface area contributed by atoms with Crippen LogP contribution in [0.1, 0.15) is 20.8 Å². The SMILES string of the molecule is O=Cc1cc2ccc(-c3cc(C(F)(F)F)ccc3C(F)(F)F)cc2s1. The van der Waals surface area contributed by atoms with Crippen LogP contribution in [0.3, 0.4) is 0 Å². The Hall–Kier alpha value is -2.35. The number of carbonyl (C=O) groups excluding carboxylic acids is 1. The number of carbonyl (C=O) groups is 1. The van der Waals surface area contributed by atoms with Crippen molar-refractivity contribution in [3.63, 3.8) is 0 Å². The Morgan fingerprint density at radius 2 is 1.56 bits per heavy atom. The van der Waals surface area contributed by atoms with Crippen molar-refractivity contribution in [3.8, 4) is 11.1 Å². The number of thiophene rings is 1. The lowest BCUT2D eigenvalue weighted by atomic mass is 9.96. The largest absolute Gasteiger partial charge is 0.417 e. The predicted octanol–water partition coefficient (Wildman–Crippen LogP) is 6.42. The molecule has 0 amide bonds. The Labute approximate surface area is 141 Å². The van der Waals surface area contributed by atoms with E-state index in [1.54, 1.807) is 6.07 Å². The van der Waals surface area contributed by atoms with E-state index in [2.05, 4.69) is 0 Å². The maximum Gasteiger partial charge on any atom is 0.417 e. The second kappa shape index (κ2) is 5.87. The Morgan fingerprint density at radius 1 is 0.840 bits per heavy atom. The fraction of sp³-hybridized carbons (Fsp3) is 0.118. The first kappa shape index (κ1) is 17.5. The molecule has 0 fully saturated rings. The molecule has 8 heteroatoms. The maximum absolute atomic E-state index is 13.2. The van der Waals surface area contributed by atoms with Gasteiger partial charge in [0.05, 0.1) is 16.0 Å². The molecule has 0 aliphatic heterocycles. The van der Waals surface area contributed by atoms with E-state index in [1.807, 2.05) is 0 Å². The van der Waals surface area contributed by atoms with Crippen molar-refractivity contribution in [1.29, 1.82) is 0 Å². The van der Waals surface area contributed by atoms with Crippen molar-refractivity contribution >= 4 is 27.7 Å². The van der Waals surface area contributed by atoms with Gasteiger partial charge in [-0.15, -0.1) is 11.3 Å². The summed E-state index contributed by atoms with van der Waals surface area (Å²) < 4.78 is 78.8. The summed E-state index contributed by atoms with van der Waals surface area (Å²) >= 11 is 1.06. The molecule has 3 aromatic rings. The number of fused-ring (bicyclic) bond motifs is 1. The highest BCUT2D eigenvalue weighted by atomic mass is 32.1. The second-order valence-corrected chi connectivity index (χ2v) is 6.39. The molecule has 0 aliphatic carbocycles. The van der Waals surface area contributed by atoms with Crippen LogP contribution in [-0.2, 0) is 12.4 Å². The molecule has 0 saturated carbocycles. The zero-order valence-electron chi connectivity index (χ0n) is 12.2. The van der Waals surface area contributed by atoms with Gasteiger partial charge >= 0.3 is 12.4 Å². The van der Waals surface area contributed by atoms with Crippen LogP contribution in [0, 0.1) is 0 Å². The highest BCUT2D eigenvalue weighted by Gasteiger charge is 2.37. The standard InChI is InChI=1S/C17H8F6OS/c18-16(19,20)11-3-4-14(17(21,22)23)13(7-11)9-1-2-10-5-12(8-24)25-15(10)6-9/h1-8H. The molecule has 0 radical (unpaired) electrons. The summed E-state index contributed by atoms with van der Waals surface area (Å²) in [7, 11) is 0. The molecule has 1 aromatic heterocycles. The monoisotopic (exact) mass is 374 g/mol. The minimum Gasteiger partial charge on any atom is -0.297 e. The van der Waals surface area contributed by atoms with Crippen LogP contribution in [-0.4, -0.2) is 6.29 Å². The van der Waals surface area contributed by atoms with Crippen molar-refractivity contribution in [2.24, 2.45) is 0 Å². The van der Waals surface area contributed by atoms with Crippen LogP contribution in [0.25, 0.3) is 21.2 Å². The highest BCUT2D eigenvalue weighted by molar-refractivity contribution is 7.20. The summed E-state index contributed by atoms with van der Waals surface area (Å²) in [6.45, 7) is 0. The van der Waals surface area contributed by atoms with Crippen LogP contribution in [0.15, 0.2) is 42.5 Å². The van der Waals surface area contributed by atoms with E-state index in [-0.39, 0.29) is 5.56 Å². The zero-order chi connectivity index (χ0) is 18.4. The number of hydrogen-bond donors (Lipinski definition) is 0. The Morgan fingerprint density at radius 3 is 2.16 bits per heavy atom. The predicted molar refractivity (Wildman–Crippen MR) is 82.7 cm³/mol. The molecule has 25 heavy (non-hydrogen) atoms. The van der Waals surface area contributed by atoms with Gasteiger partial charge in [-0.25, -0.2) is 0 Å². The van der Waals surface area contributed by atoms with Gasteiger partial charge in [-0.3, -0.25) is 4.79 Å². The average Bonchev–Trinajstić information content (AvgIpc) is 2.94. The summed E-state index contributed by atoms with van der Waals surface area (Å²) in [6, 6.07) is 7.07. The van der Waals surface area contributed by atoms with Crippen LogP contribution < -0.4 is 0 Å². The van der Waals surface area contributed by atoms with Gasteiger partial charge in [0, 0.05) is 4.70 Å². The van der Waals surface area contributed by atoms with Crippen LogP contribution in [0.2, 0.25) is 0 Å². The molecule has 1 nitrogen and oxygen atoms in total. The summed E-state index contributed by atoms with van der Waals surface area (Å²) in [5.41, 5.74) is -2.85. The van der Waals surface area contributed by atoms with E-state index < -0.39 is 29.0 Å². The summed E-state index contributed by atoms with van der Waals surface area (Å²) in [5, 5.41) is 0.636. The fourth-order valence-corrected chi connectivity index (χ4v) is 3.40. The van der Waals surface area contributed by atoms with Crippen molar-refractivity contribution in [3.05, 3.63) is 58.5 Å². The molecule has 3 rings (SSSR count). The third-order valence-corrected chi connectivity index (χ3v) is 4.64. The quantitative estimate of drug-likeness (QED) is 0.374. The second-order valence-electron chi connectivity index (χ2n) is 5.28. The van der Waals surface area contributed by atoms with Gasteiger partial charge in [0.2, 0.25) is 0 Å². The Kier molecular flexibility index (Phi) is 4.10. The van der Waals surface area contributed by atoms with E-state index in [0.717, 1.165) is 11.3 Å². The third kappa shape index (κ3) is 3.39. The van der Waals surface area contributed by atoms with E-state index in [4.69, 9.17) is 0 Å². The van der Waals surface area contributed by atoms with Crippen molar-refractivity contribution in [2.75, 3.05) is 0 Å². The molecular weight excluding hydrogens is 366 g/mol. The normalized spacial score (nSPS) is 12.6. The van der Waals surface area contributed by atoms with Gasteiger partial charge in [-0.05, 0) is 46.8 Å². The molecule has 0 spiro atoms. The molecule has 0 saturated heterocycles. The van der Waals surface area contributed by atoms with Gasteiger partial charge < -0.3 is 0 Å². The molecule has 0 N–H and O–H groups in total. The molecular formula is C17H8F6OS. The van der Waals surface area contributed by atoms with Gasteiger partial charge in [0.15, 0.2) is 6.29 Å². The van der Waals surface area contributed by atoms with E-state index in [0.29, 0.717) is 39.4 Å². The van der Waals surface area contributed by atoms with E-state index >= 15 is 0 Å². The first-order chi connectivity index (χ1) is 11.6. The molecule has 0 unspecified atom stereocenters. The topological polar surface area (TPSA) is 17.1 Å². The van der Waals surface area contributed by atoms with Crippen molar-refractivity contribution in [2.45, 2.75) is 12.4 Å². The van der Waals surface area contributed by atoms with Gasteiger partial charge in [-0.2, -0.15) is 26.3 Å². The van der Waals surface area contributed by atoms with Crippen LogP contribution >= 0.6 is 11.3 Å². The van der Waals surface area contributed by atoms with Crippen molar-refractivity contribution < 1.29 is 31.1 Å². The number of alkyl halides is 6. The third-order valence-electron chi connectivity index (χ3n) is 3.62. The lowest BCUT2D eigenvalue weighted by Gasteiger charge is -2.16. The highest BCUT2D eigenvalue weighted by Crippen LogP contribution is 2.41. The average molecular weight is 374 g/mol. The number of rotatable bonds is 2. The van der Waals surface area contributed by atoms with Gasteiger partial charge in [0.25, 0.3) is 0 Å².